The lowest BCUT2D eigenvalue weighted by Gasteiger charge is -2.09. The number of aryl methyl sites for hydroxylation is 1. The van der Waals surface area contributed by atoms with E-state index in [4.69, 9.17) is 10.6 Å². The largest absolute Gasteiger partial charge is 0.463 e. The minimum Gasteiger partial charge on any atom is -0.463 e. The van der Waals surface area contributed by atoms with Gasteiger partial charge in [-0.05, 0) is 37.1 Å². The Morgan fingerprint density at radius 2 is 1.95 bits per heavy atom. The van der Waals surface area contributed by atoms with Crippen molar-refractivity contribution in [2.45, 2.75) is 20.3 Å². The second kappa shape index (κ2) is 6.80. The first-order valence-corrected chi connectivity index (χ1v) is 6.50. The molecule has 112 valence electrons. The lowest BCUT2D eigenvalue weighted by Crippen LogP contribution is -2.14. The van der Waals surface area contributed by atoms with E-state index in [1.54, 1.807) is 13.0 Å². The summed E-state index contributed by atoms with van der Waals surface area (Å²) in [5.74, 6) is 5.35. The number of hydrogen-bond acceptors (Lipinski definition) is 7. The summed E-state index contributed by atoms with van der Waals surface area (Å²) in [6.45, 7) is 4.24. The highest BCUT2D eigenvalue weighted by Gasteiger charge is 2.08. The van der Waals surface area contributed by atoms with E-state index in [-0.39, 0.29) is 23.7 Å². The van der Waals surface area contributed by atoms with Gasteiger partial charge in [-0.3, -0.25) is 5.43 Å². The molecule has 0 atom stereocenters. The summed E-state index contributed by atoms with van der Waals surface area (Å²) in [4.78, 5) is 12.1. The molecule has 0 aliphatic carbocycles. The molecule has 0 spiro atoms. The highest BCUT2D eigenvalue weighted by atomic mass is 19.1. The summed E-state index contributed by atoms with van der Waals surface area (Å²) in [6, 6.07) is 4.70. The van der Waals surface area contributed by atoms with E-state index in [1.807, 2.05) is 6.92 Å². The second-order valence-electron chi connectivity index (χ2n) is 4.40. The number of ether oxygens (including phenoxy) is 1. The predicted octanol–water partition coefficient (Wildman–Crippen LogP) is 2.14. The van der Waals surface area contributed by atoms with Crippen molar-refractivity contribution >= 4 is 17.6 Å². The summed E-state index contributed by atoms with van der Waals surface area (Å²) in [5, 5.41) is 2.90. The van der Waals surface area contributed by atoms with Crippen LogP contribution in [0.5, 0.6) is 6.01 Å². The van der Waals surface area contributed by atoms with Gasteiger partial charge in [-0.25, -0.2) is 10.2 Å². The van der Waals surface area contributed by atoms with Crippen LogP contribution in [0, 0.1) is 12.7 Å². The quantitative estimate of drug-likeness (QED) is 0.554. The zero-order valence-electron chi connectivity index (χ0n) is 11.9. The number of hydrazine groups is 1. The number of nitrogens with two attached hydrogens (primary N) is 1. The minimum absolute atomic E-state index is 0.149. The van der Waals surface area contributed by atoms with Gasteiger partial charge in [0.15, 0.2) is 0 Å². The predicted molar refractivity (Wildman–Crippen MR) is 77.8 cm³/mol. The number of nitrogen functional groups attached to an aromatic ring is 1. The van der Waals surface area contributed by atoms with Crippen LogP contribution in [0.3, 0.4) is 0 Å². The first kappa shape index (κ1) is 14.9. The standard InChI is InChI=1S/C13H17FN6O/c1-3-4-21-13-18-11(17-12(19-13)20-15)16-10-6-8(2)5-9(14)7-10/h5-7H,3-4,15H2,1-2H3,(H2,16,17,18,19,20). The van der Waals surface area contributed by atoms with Crippen molar-refractivity contribution in [3.8, 4) is 6.01 Å². The van der Waals surface area contributed by atoms with Crippen molar-refractivity contribution in [1.82, 2.24) is 15.0 Å². The average Bonchev–Trinajstić information content (AvgIpc) is 2.43. The van der Waals surface area contributed by atoms with Gasteiger partial charge in [-0.15, -0.1) is 0 Å². The van der Waals surface area contributed by atoms with Gasteiger partial charge in [0.05, 0.1) is 6.61 Å². The van der Waals surface area contributed by atoms with Crippen LogP contribution in [0.4, 0.5) is 22.0 Å². The highest BCUT2D eigenvalue weighted by molar-refractivity contribution is 5.55. The fourth-order valence-corrected chi connectivity index (χ4v) is 1.67. The number of anilines is 3. The molecule has 0 fully saturated rings. The van der Waals surface area contributed by atoms with Crippen LogP contribution < -0.4 is 21.3 Å². The highest BCUT2D eigenvalue weighted by Crippen LogP contribution is 2.19. The first-order chi connectivity index (χ1) is 10.1. The van der Waals surface area contributed by atoms with Crippen molar-refractivity contribution < 1.29 is 9.13 Å². The molecule has 8 heteroatoms. The van der Waals surface area contributed by atoms with E-state index in [2.05, 4.69) is 25.7 Å². The number of benzene rings is 1. The van der Waals surface area contributed by atoms with E-state index in [9.17, 15) is 4.39 Å². The average molecular weight is 292 g/mol. The monoisotopic (exact) mass is 292 g/mol. The van der Waals surface area contributed by atoms with Crippen LogP contribution in [-0.4, -0.2) is 21.6 Å². The summed E-state index contributed by atoms with van der Waals surface area (Å²) in [5.41, 5.74) is 3.65. The SMILES string of the molecule is CCCOc1nc(NN)nc(Nc2cc(C)cc(F)c2)n1. The number of hydrogen-bond donors (Lipinski definition) is 3. The lowest BCUT2D eigenvalue weighted by molar-refractivity contribution is 0.292. The van der Waals surface area contributed by atoms with Gasteiger partial charge >= 0.3 is 6.01 Å². The molecule has 0 saturated heterocycles. The summed E-state index contributed by atoms with van der Waals surface area (Å²) < 4.78 is 18.7. The number of rotatable bonds is 6. The number of nitrogens with one attached hydrogen (secondary N) is 2. The molecule has 0 bridgehead atoms. The molecule has 0 unspecified atom stereocenters. The zero-order chi connectivity index (χ0) is 15.2. The summed E-state index contributed by atoms with van der Waals surface area (Å²) in [7, 11) is 0. The van der Waals surface area contributed by atoms with Crippen molar-refractivity contribution in [3.05, 3.63) is 29.6 Å². The maximum atomic E-state index is 13.4. The Kier molecular flexibility index (Phi) is 4.83. The molecule has 0 aliphatic heterocycles. The molecule has 2 rings (SSSR count). The second-order valence-corrected chi connectivity index (χ2v) is 4.40. The zero-order valence-corrected chi connectivity index (χ0v) is 11.9. The van der Waals surface area contributed by atoms with E-state index in [1.165, 1.54) is 12.1 Å². The fraction of sp³-hybridized carbons (Fsp3) is 0.308. The molecular formula is C13H17FN6O. The molecule has 0 radical (unpaired) electrons. The van der Waals surface area contributed by atoms with E-state index >= 15 is 0 Å². The molecule has 0 aliphatic rings. The van der Waals surface area contributed by atoms with Gasteiger partial charge in [0.1, 0.15) is 5.82 Å². The Morgan fingerprint density at radius 1 is 1.19 bits per heavy atom. The Bertz CT molecular complexity index is 601. The number of aromatic nitrogens is 3. The summed E-state index contributed by atoms with van der Waals surface area (Å²) >= 11 is 0. The molecule has 21 heavy (non-hydrogen) atoms. The van der Waals surface area contributed by atoms with Crippen molar-refractivity contribution in [1.29, 1.82) is 0 Å². The Balaban J connectivity index is 2.25. The van der Waals surface area contributed by atoms with Gasteiger partial charge in [0.2, 0.25) is 11.9 Å². The maximum absolute atomic E-state index is 13.4. The van der Waals surface area contributed by atoms with Gasteiger partial charge < -0.3 is 10.1 Å². The normalized spacial score (nSPS) is 10.3. The van der Waals surface area contributed by atoms with E-state index < -0.39 is 0 Å². The van der Waals surface area contributed by atoms with Crippen LogP contribution in [0.15, 0.2) is 18.2 Å². The van der Waals surface area contributed by atoms with Gasteiger partial charge in [0, 0.05) is 5.69 Å². The molecule has 7 nitrogen and oxygen atoms in total. The first-order valence-electron chi connectivity index (χ1n) is 6.50. The number of halogens is 1. The molecule has 1 aromatic heterocycles. The van der Waals surface area contributed by atoms with Crippen LogP contribution in [0.25, 0.3) is 0 Å². The van der Waals surface area contributed by atoms with E-state index in [0.717, 1.165) is 12.0 Å². The summed E-state index contributed by atoms with van der Waals surface area (Å²) in [6.07, 6.45) is 0.822. The number of nitrogens with zero attached hydrogens (tertiary/aromatic N) is 3. The molecule has 4 N–H and O–H groups in total. The molecule has 1 aromatic carbocycles. The van der Waals surface area contributed by atoms with Crippen LogP contribution in [0.2, 0.25) is 0 Å². The molecule has 2 aromatic rings. The van der Waals surface area contributed by atoms with Crippen molar-refractivity contribution in [2.24, 2.45) is 5.84 Å². The lowest BCUT2D eigenvalue weighted by atomic mass is 10.2. The Morgan fingerprint density at radius 3 is 2.62 bits per heavy atom. The van der Waals surface area contributed by atoms with Gasteiger partial charge in [-0.1, -0.05) is 6.92 Å². The third kappa shape index (κ3) is 4.25. The van der Waals surface area contributed by atoms with Crippen LogP contribution >= 0.6 is 0 Å². The Hall–Kier alpha value is -2.48. The third-order valence-corrected chi connectivity index (χ3v) is 2.48. The molecular weight excluding hydrogens is 275 g/mol. The topological polar surface area (TPSA) is 98.0 Å². The molecule has 0 amide bonds. The molecule has 0 saturated carbocycles. The minimum atomic E-state index is -0.341. The molecule has 1 heterocycles. The fourth-order valence-electron chi connectivity index (χ4n) is 1.67. The van der Waals surface area contributed by atoms with Crippen molar-refractivity contribution in [2.75, 3.05) is 17.3 Å². The third-order valence-electron chi connectivity index (χ3n) is 2.48. The van der Waals surface area contributed by atoms with Gasteiger partial charge in [-0.2, -0.15) is 15.0 Å². The van der Waals surface area contributed by atoms with Gasteiger partial charge in [0.25, 0.3) is 0 Å². The van der Waals surface area contributed by atoms with Crippen LogP contribution in [0.1, 0.15) is 18.9 Å². The van der Waals surface area contributed by atoms with E-state index in [0.29, 0.717) is 12.3 Å². The van der Waals surface area contributed by atoms with Crippen LogP contribution in [-0.2, 0) is 0 Å². The van der Waals surface area contributed by atoms with Crippen molar-refractivity contribution in [3.63, 3.8) is 0 Å². The smallest absolute Gasteiger partial charge is 0.323 e. The maximum Gasteiger partial charge on any atom is 0.323 e. The Labute approximate surface area is 121 Å².